The summed E-state index contributed by atoms with van der Waals surface area (Å²) in [4.78, 5) is 25.5. The Hall–Kier alpha value is -2.95. The number of hydrogen-bond acceptors (Lipinski definition) is 4. The first-order valence-electron chi connectivity index (χ1n) is 7.81. The molecule has 2 aromatic carbocycles. The maximum atomic E-state index is 12.9. The van der Waals surface area contributed by atoms with Gasteiger partial charge in [0, 0.05) is 23.4 Å². The first-order chi connectivity index (χ1) is 11.5. The Balaban J connectivity index is 2.01. The van der Waals surface area contributed by atoms with Crippen LogP contribution in [0, 0.1) is 0 Å². The van der Waals surface area contributed by atoms with Crippen LogP contribution in [0.3, 0.4) is 0 Å². The summed E-state index contributed by atoms with van der Waals surface area (Å²) in [5, 5.41) is 8.86. The highest BCUT2D eigenvalue weighted by Crippen LogP contribution is 2.32. The van der Waals surface area contributed by atoms with Crippen molar-refractivity contribution >= 4 is 23.1 Å². The van der Waals surface area contributed by atoms with E-state index < -0.39 is 5.66 Å². The molecule has 0 saturated heterocycles. The second-order valence-corrected chi connectivity index (χ2v) is 5.90. The van der Waals surface area contributed by atoms with Gasteiger partial charge < -0.3 is 5.32 Å². The standard InChI is InChI=1S/C19H19N3O2/c1-14-13-19(15(2)23,20-17-11-7-4-8-12-17)22(21-14)18(24)16-9-5-3-6-10-16/h3-12,20H,13H2,1-2H3/t19-/m0/s1. The predicted molar refractivity (Wildman–Crippen MR) is 93.8 cm³/mol. The van der Waals surface area contributed by atoms with Gasteiger partial charge in [-0.3, -0.25) is 9.59 Å². The van der Waals surface area contributed by atoms with E-state index in [4.69, 9.17) is 0 Å². The molecule has 1 aliphatic rings. The van der Waals surface area contributed by atoms with Gasteiger partial charge in [-0.25, -0.2) is 0 Å². The van der Waals surface area contributed by atoms with E-state index >= 15 is 0 Å². The molecule has 2 aromatic rings. The molecule has 0 radical (unpaired) electrons. The van der Waals surface area contributed by atoms with Crippen LogP contribution in [0.2, 0.25) is 0 Å². The lowest BCUT2D eigenvalue weighted by molar-refractivity contribution is -0.125. The molecule has 5 nitrogen and oxygen atoms in total. The number of hydrazone groups is 1. The maximum absolute atomic E-state index is 12.9. The first kappa shape index (κ1) is 15.9. The average Bonchev–Trinajstić information content (AvgIpc) is 2.93. The van der Waals surface area contributed by atoms with E-state index in [-0.39, 0.29) is 11.7 Å². The molecular formula is C19H19N3O2. The summed E-state index contributed by atoms with van der Waals surface area (Å²) in [6, 6.07) is 18.2. The van der Waals surface area contributed by atoms with Crippen molar-refractivity contribution in [3.8, 4) is 0 Å². The molecule has 1 amide bonds. The van der Waals surface area contributed by atoms with Crippen molar-refractivity contribution in [2.75, 3.05) is 5.32 Å². The van der Waals surface area contributed by atoms with Crippen molar-refractivity contribution in [1.29, 1.82) is 0 Å². The molecule has 0 fully saturated rings. The van der Waals surface area contributed by atoms with Gasteiger partial charge in [0.1, 0.15) is 0 Å². The fourth-order valence-corrected chi connectivity index (χ4v) is 2.88. The number of benzene rings is 2. The van der Waals surface area contributed by atoms with Crippen LogP contribution < -0.4 is 5.32 Å². The Morgan fingerprint density at radius 3 is 2.21 bits per heavy atom. The van der Waals surface area contributed by atoms with E-state index in [0.29, 0.717) is 12.0 Å². The molecule has 3 rings (SSSR count). The molecule has 0 aliphatic carbocycles. The molecule has 24 heavy (non-hydrogen) atoms. The minimum absolute atomic E-state index is 0.156. The summed E-state index contributed by atoms with van der Waals surface area (Å²) in [5.74, 6) is -0.456. The fraction of sp³-hybridized carbons (Fsp3) is 0.211. The maximum Gasteiger partial charge on any atom is 0.276 e. The van der Waals surface area contributed by atoms with Crippen molar-refractivity contribution in [2.24, 2.45) is 5.10 Å². The molecule has 1 N–H and O–H groups in total. The summed E-state index contributed by atoms with van der Waals surface area (Å²) in [6.45, 7) is 3.30. The monoisotopic (exact) mass is 321 g/mol. The number of Topliss-reactive ketones (excluding diaryl/α,β-unsaturated/α-hetero) is 1. The number of nitrogens with zero attached hydrogens (tertiary/aromatic N) is 2. The van der Waals surface area contributed by atoms with E-state index in [1.165, 1.54) is 11.9 Å². The van der Waals surface area contributed by atoms with E-state index in [1.54, 1.807) is 24.3 Å². The Morgan fingerprint density at radius 1 is 1.04 bits per heavy atom. The second-order valence-electron chi connectivity index (χ2n) is 5.90. The predicted octanol–water partition coefficient (Wildman–Crippen LogP) is 3.31. The number of amides is 1. The highest BCUT2D eigenvalue weighted by Gasteiger charge is 2.49. The van der Waals surface area contributed by atoms with Gasteiger partial charge in [0.15, 0.2) is 11.4 Å². The molecule has 0 unspecified atom stereocenters. The zero-order valence-corrected chi connectivity index (χ0v) is 13.7. The fourth-order valence-electron chi connectivity index (χ4n) is 2.88. The lowest BCUT2D eigenvalue weighted by Gasteiger charge is -2.35. The molecule has 0 saturated carbocycles. The largest absolute Gasteiger partial charge is 0.355 e. The number of rotatable bonds is 4. The Labute approximate surface area is 141 Å². The van der Waals surface area contributed by atoms with Crippen LogP contribution in [-0.2, 0) is 4.79 Å². The molecule has 5 heteroatoms. The van der Waals surface area contributed by atoms with Crippen molar-refractivity contribution < 1.29 is 9.59 Å². The lowest BCUT2D eigenvalue weighted by Crippen LogP contribution is -2.57. The number of carbonyl (C=O) groups excluding carboxylic acids is 2. The third kappa shape index (κ3) is 2.80. The molecule has 0 spiro atoms. The van der Waals surface area contributed by atoms with Crippen molar-refractivity contribution in [3.05, 3.63) is 66.2 Å². The minimum atomic E-state index is -1.20. The number of nitrogens with one attached hydrogen (secondary N) is 1. The number of ketones is 1. The summed E-state index contributed by atoms with van der Waals surface area (Å²) < 4.78 is 0. The Kier molecular flexibility index (Phi) is 4.16. The van der Waals surface area contributed by atoms with Gasteiger partial charge in [0.2, 0.25) is 0 Å². The smallest absolute Gasteiger partial charge is 0.276 e. The molecule has 1 heterocycles. The number of anilines is 1. The van der Waals surface area contributed by atoms with Gasteiger partial charge in [0.05, 0.1) is 0 Å². The average molecular weight is 321 g/mol. The van der Waals surface area contributed by atoms with Gasteiger partial charge in [-0.15, -0.1) is 0 Å². The van der Waals surface area contributed by atoms with Gasteiger partial charge >= 0.3 is 0 Å². The SMILES string of the molecule is CC(=O)[C@]1(Nc2ccccc2)CC(C)=NN1C(=O)c1ccccc1. The van der Waals surface area contributed by atoms with Crippen LogP contribution in [0.25, 0.3) is 0 Å². The lowest BCUT2D eigenvalue weighted by atomic mass is 9.98. The summed E-state index contributed by atoms with van der Waals surface area (Å²) in [6.07, 6.45) is 0.357. The quantitative estimate of drug-likeness (QED) is 0.940. The normalized spacial score (nSPS) is 19.8. The van der Waals surface area contributed by atoms with E-state index in [2.05, 4.69) is 10.4 Å². The van der Waals surface area contributed by atoms with Crippen LogP contribution in [0.1, 0.15) is 30.6 Å². The molecule has 1 atom stereocenters. The van der Waals surface area contributed by atoms with Gasteiger partial charge in [0.25, 0.3) is 5.91 Å². The third-order valence-electron chi connectivity index (χ3n) is 4.06. The minimum Gasteiger partial charge on any atom is -0.355 e. The zero-order chi connectivity index (χ0) is 17.2. The van der Waals surface area contributed by atoms with E-state index in [9.17, 15) is 9.59 Å². The van der Waals surface area contributed by atoms with Crippen LogP contribution in [0.5, 0.6) is 0 Å². The molecule has 0 bridgehead atoms. The van der Waals surface area contributed by atoms with Crippen molar-refractivity contribution in [3.63, 3.8) is 0 Å². The number of para-hydroxylation sites is 1. The van der Waals surface area contributed by atoms with E-state index in [0.717, 1.165) is 11.4 Å². The number of hydrogen-bond donors (Lipinski definition) is 1. The highest BCUT2D eigenvalue weighted by atomic mass is 16.2. The third-order valence-corrected chi connectivity index (χ3v) is 4.06. The van der Waals surface area contributed by atoms with Crippen molar-refractivity contribution in [1.82, 2.24) is 5.01 Å². The van der Waals surface area contributed by atoms with Gasteiger partial charge in [-0.2, -0.15) is 10.1 Å². The van der Waals surface area contributed by atoms with Crippen LogP contribution >= 0.6 is 0 Å². The zero-order valence-electron chi connectivity index (χ0n) is 13.7. The molecule has 0 aromatic heterocycles. The molecule has 122 valence electrons. The summed E-state index contributed by atoms with van der Waals surface area (Å²) >= 11 is 0. The van der Waals surface area contributed by atoms with Gasteiger partial charge in [-0.05, 0) is 38.1 Å². The highest BCUT2D eigenvalue weighted by molar-refractivity contribution is 6.05. The van der Waals surface area contributed by atoms with Crippen LogP contribution in [0.15, 0.2) is 65.8 Å². The Bertz CT molecular complexity index is 787. The Morgan fingerprint density at radius 2 is 1.62 bits per heavy atom. The van der Waals surface area contributed by atoms with Crippen LogP contribution in [-0.4, -0.2) is 28.1 Å². The van der Waals surface area contributed by atoms with Crippen molar-refractivity contribution in [2.45, 2.75) is 25.9 Å². The summed E-state index contributed by atoms with van der Waals surface area (Å²) in [5.41, 5.74) is 0.802. The van der Waals surface area contributed by atoms with Crippen LogP contribution in [0.4, 0.5) is 5.69 Å². The summed E-state index contributed by atoms with van der Waals surface area (Å²) in [7, 11) is 0. The van der Waals surface area contributed by atoms with Gasteiger partial charge in [-0.1, -0.05) is 36.4 Å². The molecule has 1 aliphatic heterocycles. The van der Waals surface area contributed by atoms with E-state index in [1.807, 2.05) is 43.3 Å². The second kappa shape index (κ2) is 6.28. The first-order valence-corrected chi connectivity index (χ1v) is 7.81. The number of carbonyl (C=O) groups is 2. The molecular weight excluding hydrogens is 302 g/mol. The topological polar surface area (TPSA) is 61.8 Å².